The summed E-state index contributed by atoms with van der Waals surface area (Å²) in [6, 6.07) is 0. The van der Waals surface area contributed by atoms with Crippen molar-refractivity contribution >= 4 is 6.21 Å². The largest absolute Gasteiger partial charge is 0.330 e. The summed E-state index contributed by atoms with van der Waals surface area (Å²) < 4.78 is 0. The van der Waals surface area contributed by atoms with Crippen LogP contribution >= 0.6 is 0 Å². The van der Waals surface area contributed by atoms with Gasteiger partial charge in [-0.2, -0.15) is 0 Å². The Balaban J connectivity index is 0. The van der Waals surface area contributed by atoms with Crippen LogP contribution in [0.1, 0.15) is 65.2 Å². The molecule has 0 aromatic carbocycles. The zero-order valence-corrected chi connectivity index (χ0v) is 10.0. The molecule has 0 unspecified atom stereocenters. The summed E-state index contributed by atoms with van der Waals surface area (Å²) >= 11 is 0. The Morgan fingerprint density at radius 2 is 1.29 bits per heavy atom. The van der Waals surface area contributed by atoms with Crippen molar-refractivity contribution < 1.29 is 0 Å². The van der Waals surface area contributed by atoms with Gasteiger partial charge >= 0.3 is 0 Å². The maximum Gasteiger partial charge on any atom is -0.00773 e. The molecule has 14 heavy (non-hydrogen) atoms. The lowest BCUT2D eigenvalue weighted by atomic mass is 10.1. The zero-order valence-electron chi connectivity index (χ0n) is 10.0. The van der Waals surface area contributed by atoms with E-state index < -0.39 is 0 Å². The summed E-state index contributed by atoms with van der Waals surface area (Å²) in [6.07, 6.45) is 12.2. The van der Waals surface area contributed by atoms with E-state index in [1.807, 2.05) is 0 Å². The Morgan fingerprint density at radius 1 is 0.929 bits per heavy atom. The molecular weight excluding hydrogens is 172 g/mol. The molecule has 0 aliphatic carbocycles. The van der Waals surface area contributed by atoms with Gasteiger partial charge in [-0.1, -0.05) is 51.9 Å². The molecule has 0 fully saturated rings. The van der Waals surface area contributed by atoms with Crippen LogP contribution in [0.25, 0.3) is 0 Å². The van der Waals surface area contributed by atoms with Crippen LogP contribution in [0.4, 0.5) is 0 Å². The van der Waals surface area contributed by atoms with Crippen LogP contribution in [0, 0.1) is 5.41 Å². The molecule has 0 amide bonds. The van der Waals surface area contributed by atoms with Gasteiger partial charge < -0.3 is 11.1 Å². The van der Waals surface area contributed by atoms with Crippen molar-refractivity contribution in [2.75, 3.05) is 6.54 Å². The first kappa shape index (κ1) is 16.1. The lowest BCUT2D eigenvalue weighted by molar-refractivity contribution is 0.578. The molecule has 0 aromatic rings. The molecule has 0 atom stereocenters. The molecule has 0 heterocycles. The third-order valence-corrected chi connectivity index (χ3v) is 2.06. The molecule has 86 valence electrons. The van der Waals surface area contributed by atoms with E-state index in [9.17, 15) is 0 Å². The quantitative estimate of drug-likeness (QED) is 0.455. The van der Waals surface area contributed by atoms with Crippen molar-refractivity contribution in [3.63, 3.8) is 0 Å². The maximum atomic E-state index is 6.08. The van der Waals surface area contributed by atoms with E-state index in [4.69, 9.17) is 11.1 Å². The molecule has 0 rings (SSSR count). The van der Waals surface area contributed by atoms with Gasteiger partial charge in [-0.25, -0.2) is 0 Å². The molecule has 0 aliphatic heterocycles. The summed E-state index contributed by atoms with van der Waals surface area (Å²) in [6.45, 7) is 4.80. The molecule has 0 aliphatic rings. The monoisotopic (exact) mass is 200 g/mol. The Bertz CT molecular complexity index is 84.3. The second kappa shape index (κ2) is 18.4. The Hall–Kier alpha value is -0.370. The van der Waals surface area contributed by atoms with E-state index in [1.165, 1.54) is 57.6 Å². The molecule has 0 saturated heterocycles. The van der Waals surface area contributed by atoms with Crippen molar-refractivity contribution in [2.45, 2.75) is 65.2 Å². The van der Waals surface area contributed by atoms with Crippen LogP contribution in [-0.2, 0) is 0 Å². The number of hydrogen-bond donors (Lipinski definition) is 2. The van der Waals surface area contributed by atoms with E-state index in [1.54, 1.807) is 6.92 Å². The molecule has 0 aromatic heterocycles. The highest BCUT2D eigenvalue weighted by molar-refractivity contribution is 5.48. The number of hydrogen-bond acceptors (Lipinski definition) is 2. The van der Waals surface area contributed by atoms with Crippen molar-refractivity contribution in [2.24, 2.45) is 5.73 Å². The summed E-state index contributed by atoms with van der Waals surface area (Å²) in [4.78, 5) is 0. The fourth-order valence-electron chi connectivity index (χ4n) is 1.28. The van der Waals surface area contributed by atoms with Gasteiger partial charge in [0.2, 0.25) is 0 Å². The normalized spacial score (nSPS) is 9.07. The van der Waals surface area contributed by atoms with E-state index in [-0.39, 0.29) is 0 Å². The lowest BCUT2D eigenvalue weighted by Crippen LogP contribution is -1.97. The van der Waals surface area contributed by atoms with Crippen molar-refractivity contribution in [1.29, 1.82) is 5.41 Å². The first-order valence-electron chi connectivity index (χ1n) is 5.98. The van der Waals surface area contributed by atoms with Gasteiger partial charge in [-0.3, -0.25) is 0 Å². The van der Waals surface area contributed by atoms with Gasteiger partial charge in [0.05, 0.1) is 0 Å². The van der Waals surface area contributed by atoms with Crippen molar-refractivity contribution in [3.05, 3.63) is 0 Å². The third kappa shape index (κ3) is 22.6. The lowest BCUT2D eigenvalue weighted by Gasteiger charge is -1.99. The smallest absolute Gasteiger partial charge is 0.00773 e. The van der Waals surface area contributed by atoms with E-state index in [0.717, 1.165) is 6.54 Å². The average Bonchev–Trinajstić information content (AvgIpc) is 2.18. The molecule has 0 saturated carbocycles. The predicted molar refractivity (Wildman–Crippen MR) is 66.1 cm³/mol. The first-order chi connectivity index (χ1) is 6.83. The van der Waals surface area contributed by atoms with Gasteiger partial charge in [-0.05, 0) is 26.1 Å². The molecule has 0 bridgehead atoms. The van der Waals surface area contributed by atoms with Crippen molar-refractivity contribution in [3.8, 4) is 0 Å². The third-order valence-electron chi connectivity index (χ3n) is 2.06. The minimum atomic E-state index is 0.870. The van der Waals surface area contributed by atoms with Gasteiger partial charge in [-0.15, -0.1) is 0 Å². The van der Waals surface area contributed by atoms with Gasteiger partial charge in [0.1, 0.15) is 0 Å². The second-order valence-corrected chi connectivity index (χ2v) is 3.55. The van der Waals surface area contributed by atoms with Crippen LogP contribution in [0.15, 0.2) is 0 Å². The van der Waals surface area contributed by atoms with Crippen LogP contribution in [0.2, 0.25) is 0 Å². The summed E-state index contributed by atoms with van der Waals surface area (Å²) in [5.41, 5.74) is 5.39. The van der Waals surface area contributed by atoms with Gasteiger partial charge in [0.15, 0.2) is 0 Å². The standard InChI is InChI=1S/C10H23N.C2H5N/c1-2-3-4-5-6-7-8-9-10-11;1-2-3/h2-11H2,1H3;2-3H,1H3. The second-order valence-electron chi connectivity index (χ2n) is 3.55. The fourth-order valence-corrected chi connectivity index (χ4v) is 1.28. The van der Waals surface area contributed by atoms with Crippen LogP contribution in [-0.4, -0.2) is 12.8 Å². The highest BCUT2D eigenvalue weighted by Gasteiger charge is 1.89. The maximum absolute atomic E-state index is 6.08. The molecule has 0 radical (unpaired) electrons. The Kier molecular flexibility index (Phi) is 21.2. The topological polar surface area (TPSA) is 49.9 Å². The van der Waals surface area contributed by atoms with Crippen LogP contribution < -0.4 is 5.73 Å². The summed E-state index contributed by atoms with van der Waals surface area (Å²) in [7, 11) is 0. The average molecular weight is 200 g/mol. The Labute approximate surface area is 89.8 Å². The molecule has 2 heteroatoms. The minimum absolute atomic E-state index is 0.870. The number of nitrogens with two attached hydrogens (primary N) is 1. The van der Waals surface area contributed by atoms with Crippen molar-refractivity contribution in [1.82, 2.24) is 0 Å². The van der Waals surface area contributed by atoms with E-state index in [0.29, 0.717) is 0 Å². The Morgan fingerprint density at radius 3 is 1.64 bits per heavy atom. The van der Waals surface area contributed by atoms with E-state index >= 15 is 0 Å². The van der Waals surface area contributed by atoms with Crippen LogP contribution in [0.5, 0.6) is 0 Å². The zero-order chi connectivity index (χ0) is 11.1. The van der Waals surface area contributed by atoms with E-state index in [2.05, 4.69) is 6.92 Å². The first-order valence-corrected chi connectivity index (χ1v) is 5.98. The van der Waals surface area contributed by atoms with Crippen LogP contribution in [0.3, 0.4) is 0 Å². The predicted octanol–water partition coefficient (Wildman–Crippen LogP) is 3.74. The van der Waals surface area contributed by atoms with Gasteiger partial charge in [0, 0.05) is 0 Å². The molecular formula is C12H28N2. The van der Waals surface area contributed by atoms with Gasteiger partial charge in [0.25, 0.3) is 0 Å². The number of nitrogens with one attached hydrogen (secondary N) is 1. The number of unbranched alkanes of at least 4 members (excludes halogenated alkanes) is 7. The summed E-state index contributed by atoms with van der Waals surface area (Å²) in [5.74, 6) is 0. The number of rotatable bonds is 8. The summed E-state index contributed by atoms with van der Waals surface area (Å²) in [5, 5.41) is 6.08. The molecule has 2 nitrogen and oxygen atoms in total. The fraction of sp³-hybridized carbons (Fsp3) is 0.917. The molecule has 0 spiro atoms. The SMILES string of the molecule is CC=N.CCCCCCCCCCN. The highest BCUT2D eigenvalue weighted by Crippen LogP contribution is 2.07. The molecule has 3 N–H and O–H groups in total. The minimum Gasteiger partial charge on any atom is -0.330 e. The highest BCUT2D eigenvalue weighted by atomic mass is 14.5.